The second-order valence-corrected chi connectivity index (χ2v) is 10.0. The van der Waals surface area contributed by atoms with Crippen molar-refractivity contribution in [3.63, 3.8) is 0 Å². The van der Waals surface area contributed by atoms with Gasteiger partial charge in [0.15, 0.2) is 0 Å². The van der Waals surface area contributed by atoms with Gasteiger partial charge >= 0.3 is 32.0 Å². The Kier molecular flexibility index (Phi) is 20.0. The molecule has 0 aromatic carbocycles. The fourth-order valence-electron chi connectivity index (χ4n) is 0. The van der Waals surface area contributed by atoms with Gasteiger partial charge in [-0.25, -0.2) is 0 Å². The predicted octanol–water partition coefficient (Wildman–Crippen LogP) is -2.11. The molecule has 0 N–H and O–H groups in total. The van der Waals surface area contributed by atoms with Crippen molar-refractivity contribution in [3.8, 4) is 0 Å². The van der Waals surface area contributed by atoms with Crippen LogP contribution in [0.1, 0.15) is 0 Å². The van der Waals surface area contributed by atoms with E-state index >= 15 is 0 Å². The van der Waals surface area contributed by atoms with Gasteiger partial charge in [0, 0.05) is 16.5 Å². The summed E-state index contributed by atoms with van der Waals surface area (Å²) in [6.07, 6.45) is 2.35. The van der Waals surface area contributed by atoms with E-state index in [0.717, 1.165) is 0 Å². The molecule has 0 nitrogen and oxygen atoms in total. The maximum Gasteiger partial charge on any atom is 0 e. The average molecular weight is 286 g/mol. The van der Waals surface area contributed by atoms with Crippen LogP contribution >= 0.6 is 0 Å². The van der Waals surface area contributed by atoms with Gasteiger partial charge in [-0.05, 0) is 0 Å². The van der Waals surface area contributed by atoms with E-state index in [-0.39, 0.29) is 16.5 Å². The Bertz CT molecular complexity index is 8.00. The Morgan fingerprint density at radius 3 is 1.75 bits per heavy atom. The molecule has 28 valence electrons. The van der Waals surface area contributed by atoms with Crippen molar-refractivity contribution in [1.29, 1.82) is 0 Å². The first-order chi connectivity index (χ1) is 1.41. The SMILES string of the molecule is [BH2][W][SiH3].[Ni]. The van der Waals surface area contributed by atoms with Crippen LogP contribution in [0.3, 0.4) is 0 Å². The molecule has 4 heteroatoms. The van der Waals surface area contributed by atoms with E-state index in [4.69, 9.17) is 0 Å². The molecule has 0 amide bonds. The summed E-state index contributed by atoms with van der Waals surface area (Å²) in [5, 5.41) is 0. The van der Waals surface area contributed by atoms with E-state index in [1.165, 1.54) is 8.21 Å². The summed E-state index contributed by atoms with van der Waals surface area (Å²) >= 11 is 0.389. The second-order valence-electron chi connectivity index (χ2n) is 0.408. The third kappa shape index (κ3) is 9.81. The molecule has 0 heterocycles. The van der Waals surface area contributed by atoms with Crippen molar-refractivity contribution in [2.45, 2.75) is 0 Å². The number of hydrogen-bond acceptors (Lipinski definition) is 0. The molecule has 0 bridgehead atoms. The minimum atomic E-state index is 0. The van der Waals surface area contributed by atoms with Crippen molar-refractivity contribution < 1.29 is 34.1 Å². The summed E-state index contributed by atoms with van der Waals surface area (Å²) in [7, 11) is 1.54. The maximum absolute atomic E-state index is 2.35. The van der Waals surface area contributed by atoms with Crippen molar-refractivity contribution in [2.24, 2.45) is 0 Å². The third-order valence-corrected chi connectivity index (χ3v) is 0. The van der Waals surface area contributed by atoms with Crippen molar-refractivity contribution in [3.05, 3.63) is 0 Å². The van der Waals surface area contributed by atoms with Crippen LogP contribution in [0.2, 0.25) is 0 Å². The molecule has 0 saturated carbocycles. The van der Waals surface area contributed by atoms with Gasteiger partial charge in [0.2, 0.25) is 0 Å². The van der Waals surface area contributed by atoms with Crippen LogP contribution in [0, 0.1) is 0 Å². The van der Waals surface area contributed by atoms with E-state index in [0.29, 0.717) is 17.6 Å². The van der Waals surface area contributed by atoms with Gasteiger partial charge < -0.3 is 0 Å². The first kappa shape index (κ1) is 9.07. The molecule has 0 rings (SSSR count). The topological polar surface area (TPSA) is 0 Å². The average Bonchev–Trinajstić information content (AvgIpc) is 0.918. The van der Waals surface area contributed by atoms with E-state index in [2.05, 4.69) is 6.11 Å². The van der Waals surface area contributed by atoms with Crippen LogP contribution in [0.5, 0.6) is 0 Å². The minimum Gasteiger partial charge on any atom is 0 e. The van der Waals surface area contributed by atoms with Gasteiger partial charge in [-0.2, -0.15) is 0 Å². The second kappa shape index (κ2) is 8.82. The van der Waals surface area contributed by atoms with E-state index in [1.807, 2.05) is 0 Å². The zero-order chi connectivity index (χ0) is 2.71. The van der Waals surface area contributed by atoms with E-state index < -0.39 is 0 Å². The molecule has 0 aliphatic rings. The first-order valence-corrected chi connectivity index (χ1v) is 13.4. The summed E-state index contributed by atoms with van der Waals surface area (Å²) in [5.74, 6) is 0. The van der Waals surface area contributed by atoms with Gasteiger partial charge in [-0.3, -0.25) is 0 Å². The van der Waals surface area contributed by atoms with Crippen LogP contribution in [-0.4, -0.2) is 14.3 Å². The Morgan fingerprint density at radius 1 is 1.75 bits per heavy atom. The summed E-state index contributed by atoms with van der Waals surface area (Å²) < 4.78 is 0. The standard InChI is InChI=1S/BH2.Ni.H3Si.W/h1H2;;1H3;/q+1;;;-1. The molecule has 0 saturated heterocycles. The monoisotopic (exact) mass is 286 g/mol. The largest absolute Gasteiger partial charge is 0 e. The van der Waals surface area contributed by atoms with Crippen LogP contribution in [0.25, 0.3) is 0 Å². The molecule has 0 spiro atoms. The molecule has 0 aliphatic carbocycles. The summed E-state index contributed by atoms with van der Waals surface area (Å²) in [4.78, 5) is 0. The van der Waals surface area contributed by atoms with E-state index in [1.54, 1.807) is 0 Å². The Morgan fingerprint density at radius 2 is 1.75 bits per heavy atom. The van der Waals surface area contributed by atoms with Crippen LogP contribution in [-0.2, 0) is 34.1 Å². The minimum absolute atomic E-state index is 0. The summed E-state index contributed by atoms with van der Waals surface area (Å²) in [6, 6.07) is 0. The number of hydrogen-bond donors (Lipinski definition) is 0. The van der Waals surface area contributed by atoms with Gasteiger partial charge in [-0.15, -0.1) is 0 Å². The fraction of sp³-hybridized carbons (Fsp3) is 0. The van der Waals surface area contributed by atoms with Crippen molar-refractivity contribution in [2.75, 3.05) is 0 Å². The molecular weight excluding hydrogens is 281 g/mol. The summed E-state index contributed by atoms with van der Waals surface area (Å²) in [5.41, 5.74) is 0. The zero-order valence-corrected chi connectivity index (χ0v) is 8.65. The van der Waals surface area contributed by atoms with Gasteiger partial charge in [-0.1, -0.05) is 0 Å². The van der Waals surface area contributed by atoms with E-state index in [9.17, 15) is 0 Å². The van der Waals surface area contributed by atoms with Crippen LogP contribution in [0.15, 0.2) is 0 Å². The van der Waals surface area contributed by atoms with Gasteiger partial charge in [0.1, 0.15) is 0 Å². The Labute approximate surface area is 48.4 Å². The molecule has 0 aliphatic heterocycles. The van der Waals surface area contributed by atoms with Gasteiger partial charge in [0.05, 0.1) is 0 Å². The van der Waals surface area contributed by atoms with Crippen LogP contribution in [0.4, 0.5) is 0 Å². The fourth-order valence-corrected chi connectivity index (χ4v) is 0. The Hall–Kier alpha value is 1.46. The molecule has 0 aromatic rings. The molecular formula is H5BNiSiW. The predicted molar refractivity (Wildman–Crippen MR) is 18.5 cm³/mol. The molecule has 0 fully saturated rings. The van der Waals surface area contributed by atoms with Crippen molar-refractivity contribution in [1.82, 2.24) is 0 Å². The normalized spacial score (nSPS) is 5.00. The molecule has 0 aromatic heterocycles. The molecule has 0 unspecified atom stereocenters. The molecule has 4 heavy (non-hydrogen) atoms. The zero-order valence-electron chi connectivity index (χ0n) is 2.72. The first-order valence-electron chi connectivity index (χ1n) is 0.816. The maximum atomic E-state index is 2.35. The third-order valence-electron chi connectivity index (χ3n) is 0. The molecule has 0 radical (unpaired) electrons. The summed E-state index contributed by atoms with van der Waals surface area (Å²) in [6.45, 7) is 0. The smallest absolute Gasteiger partial charge is 0 e. The number of rotatable bonds is 0. The Balaban J connectivity index is 0. The van der Waals surface area contributed by atoms with Gasteiger partial charge in [0.25, 0.3) is 0 Å². The van der Waals surface area contributed by atoms with Crippen molar-refractivity contribution >= 4 is 14.3 Å². The van der Waals surface area contributed by atoms with Crippen LogP contribution < -0.4 is 0 Å². The molecule has 0 atom stereocenters. The quantitative estimate of drug-likeness (QED) is 0.448.